The summed E-state index contributed by atoms with van der Waals surface area (Å²) in [6, 6.07) is 30.7. The Labute approximate surface area is 281 Å². The summed E-state index contributed by atoms with van der Waals surface area (Å²) in [7, 11) is 1.71. The average molecular weight is 679 g/mol. The maximum atomic E-state index is 13.6. The Bertz CT molecular complexity index is 1660. The summed E-state index contributed by atoms with van der Waals surface area (Å²) in [6.45, 7) is 1.27. The van der Waals surface area contributed by atoms with Crippen LogP contribution in [0.15, 0.2) is 107 Å². The molecule has 0 bridgehead atoms. The van der Waals surface area contributed by atoms with Gasteiger partial charge in [0.15, 0.2) is 6.23 Å². The Hall–Kier alpha value is -3.30. The number of halogens is 1. The van der Waals surface area contributed by atoms with Gasteiger partial charge < -0.3 is 9.26 Å². The van der Waals surface area contributed by atoms with Crippen LogP contribution >= 0.6 is 18.1 Å². The van der Waals surface area contributed by atoms with Crippen molar-refractivity contribution < 1.29 is 13.8 Å². The summed E-state index contributed by atoms with van der Waals surface area (Å²) in [5.41, 5.74) is 1.62. The SMILES string of the molecule is CCCCCCN(C)P(=O)(Cl)OCC1CN(C(c2ccccc2)(c2ccccc2)c2ccccc2)CC(n2cc(C)c(=O)[nH]c2=O)O1. The molecule has 2 heterocycles. The molecule has 11 heteroatoms. The number of morpholine rings is 1. The quantitative estimate of drug-likeness (QED) is 0.0880. The van der Waals surface area contributed by atoms with E-state index in [-0.39, 0.29) is 13.2 Å². The lowest BCUT2D eigenvalue weighted by Gasteiger charge is -2.50. The Kier molecular flexibility index (Phi) is 11.7. The third kappa shape index (κ3) is 7.89. The molecule has 9 nitrogen and oxygen atoms in total. The number of aromatic nitrogens is 2. The van der Waals surface area contributed by atoms with Gasteiger partial charge in [0.05, 0.1) is 18.2 Å². The molecule has 1 fully saturated rings. The van der Waals surface area contributed by atoms with Gasteiger partial charge in [0.25, 0.3) is 5.56 Å². The summed E-state index contributed by atoms with van der Waals surface area (Å²) >= 11 is 6.54. The normalized spacial score (nSPS) is 18.7. The van der Waals surface area contributed by atoms with Crippen LogP contribution in [0.5, 0.6) is 0 Å². The van der Waals surface area contributed by atoms with Crippen molar-refractivity contribution in [3.05, 3.63) is 140 Å². The van der Waals surface area contributed by atoms with Crippen molar-refractivity contribution in [1.82, 2.24) is 19.1 Å². The van der Waals surface area contributed by atoms with E-state index >= 15 is 0 Å². The summed E-state index contributed by atoms with van der Waals surface area (Å²) in [5.74, 6) is 0. The highest BCUT2D eigenvalue weighted by molar-refractivity contribution is 7.83. The zero-order valence-electron chi connectivity index (χ0n) is 27.3. The molecule has 1 aliphatic heterocycles. The molecule has 0 spiro atoms. The van der Waals surface area contributed by atoms with Gasteiger partial charge in [0.2, 0.25) is 0 Å². The first-order valence-corrected chi connectivity index (χ1v) is 18.7. The van der Waals surface area contributed by atoms with Crippen LogP contribution in [-0.2, 0) is 19.4 Å². The molecule has 1 aromatic heterocycles. The van der Waals surface area contributed by atoms with E-state index in [1.54, 1.807) is 18.6 Å². The first-order valence-electron chi connectivity index (χ1n) is 16.2. The van der Waals surface area contributed by atoms with E-state index in [1.807, 2.05) is 54.6 Å². The molecule has 3 unspecified atom stereocenters. The van der Waals surface area contributed by atoms with Crippen LogP contribution in [0, 0.1) is 6.92 Å². The fourth-order valence-corrected chi connectivity index (χ4v) is 7.71. The summed E-state index contributed by atoms with van der Waals surface area (Å²) in [4.78, 5) is 30.2. The van der Waals surface area contributed by atoms with Crippen LogP contribution in [0.4, 0.5) is 0 Å². The van der Waals surface area contributed by atoms with E-state index in [0.717, 1.165) is 42.4 Å². The molecule has 0 radical (unpaired) electrons. The Morgan fingerprint density at radius 1 is 0.915 bits per heavy atom. The highest BCUT2D eigenvalue weighted by atomic mass is 35.7. The first kappa shape index (κ1) is 35.0. The summed E-state index contributed by atoms with van der Waals surface area (Å²) in [6.07, 6.45) is 4.17. The molecule has 47 heavy (non-hydrogen) atoms. The van der Waals surface area contributed by atoms with Gasteiger partial charge in [0.1, 0.15) is 0 Å². The van der Waals surface area contributed by atoms with E-state index in [1.165, 1.54) is 10.8 Å². The van der Waals surface area contributed by atoms with Crippen LogP contribution < -0.4 is 11.2 Å². The lowest BCUT2D eigenvalue weighted by Crippen LogP contribution is -2.58. The van der Waals surface area contributed by atoms with Gasteiger partial charge >= 0.3 is 12.6 Å². The van der Waals surface area contributed by atoms with Gasteiger partial charge in [-0.2, -0.15) is 0 Å². The Morgan fingerprint density at radius 3 is 2.00 bits per heavy atom. The lowest BCUT2D eigenvalue weighted by atomic mass is 9.75. The molecular formula is C36H44ClN4O5P. The number of rotatable bonds is 14. The molecule has 0 amide bonds. The van der Waals surface area contributed by atoms with Crippen LogP contribution in [0.2, 0.25) is 0 Å². The molecule has 1 saturated heterocycles. The monoisotopic (exact) mass is 678 g/mol. The second-order valence-electron chi connectivity index (χ2n) is 12.1. The molecule has 4 aromatic rings. The van der Waals surface area contributed by atoms with Crippen molar-refractivity contribution in [2.75, 3.05) is 33.3 Å². The number of nitrogens with one attached hydrogen (secondary N) is 1. The summed E-state index contributed by atoms with van der Waals surface area (Å²) in [5, 5.41) is 0. The zero-order chi connectivity index (χ0) is 33.4. The van der Waals surface area contributed by atoms with E-state index in [9.17, 15) is 14.2 Å². The van der Waals surface area contributed by atoms with Crippen molar-refractivity contribution in [3.63, 3.8) is 0 Å². The zero-order valence-corrected chi connectivity index (χ0v) is 28.9. The maximum Gasteiger partial charge on any atom is 0.362 e. The Morgan fingerprint density at radius 2 is 1.47 bits per heavy atom. The third-order valence-corrected chi connectivity index (χ3v) is 11.4. The van der Waals surface area contributed by atoms with Gasteiger partial charge in [-0.25, -0.2) is 9.46 Å². The second kappa shape index (κ2) is 15.7. The third-order valence-electron chi connectivity index (χ3n) is 8.82. The predicted molar refractivity (Wildman–Crippen MR) is 187 cm³/mol. The van der Waals surface area contributed by atoms with Crippen molar-refractivity contribution in [1.29, 1.82) is 0 Å². The van der Waals surface area contributed by atoms with E-state index in [2.05, 4.69) is 53.2 Å². The molecule has 0 saturated carbocycles. The molecule has 0 aliphatic carbocycles. The van der Waals surface area contributed by atoms with Gasteiger partial charge in [-0.05, 0) is 48.3 Å². The van der Waals surface area contributed by atoms with Crippen LogP contribution in [0.25, 0.3) is 0 Å². The fourth-order valence-electron chi connectivity index (χ4n) is 6.38. The molecule has 1 N–H and O–H groups in total. The van der Waals surface area contributed by atoms with Gasteiger partial charge in [-0.15, -0.1) is 0 Å². The minimum Gasteiger partial charge on any atom is -0.350 e. The number of aromatic amines is 1. The van der Waals surface area contributed by atoms with Crippen molar-refractivity contribution in [3.8, 4) is 0 Å². The number of hydrogen-bond acceptors (Lipinski definition) is 6. The van der Waals surface area contributed by atoms with Crippen molar-refractivity contribution >= 4 is 18.1 Å². The number of ether oxygens (including phenoxy) is 1. The van der Waals surface area contributed by atoms with Crippen LogP contribution in [-0.4, -0.2) is 58.5 Å². The van der Waals surface area contributed by atoms with E-state index < -0.39 is 36.0 Å². The number of benzene rings is 3. The van der Waals surface area contributed by atoms with Gasteiger partial charge in [0, 0.05) is 31.4 Å². The number of aryl methyl sites for hydroxylation is 1. The Balaban J connectivity index is 1.59. The number of unbranched alkanes of at least 4 members (excludes halogenated alkanes) is 3. The molecule has 1 aliphatic rings. The van der Waals surface area contributed by atoms with E-state index in [4.69, 9.17) is 20.5 Å². The molecule has 5 rings (SSSR count). The maximum absolute atomic E-state index is 13.6. The molecule has 250 valence electrons. The summed E-state index contributed by atoms with van der Waals surface area (Å²) < 4.78 is 29.1. The highest BCUT2D eigenvalue weighted by Gasteiger charge is 2.47. The highest BCUT2D eigenvalue weighted by Crippen LogP contribution is 2.55. The first-order chi connectivity index (χ1) is 22.7. The minimum absolute atomic E-state index is 0.0708. The predicted octanol–water partition coefficient (Wildman–Crippen LogP) is 6.91. The lowest BCUT2D eigenvalue weighted by molar-refractivity contribution is -0.148. The van der Waals surface area contributed by atoms with Crippen LogP contribution in [0.1, 0.15) is 61.1 Å². The topological polar surface area (TPSA) is 96.9 Å². The van der Waals surface area contributed by atoms with Crippen molar-refractivity contribution in [2.24, 2.45) is 0 Å². The number of nitrogens with zero attached hydrogens (tertiary/aromatic N) is 3. The van der Waals surface area contributed by atoms with E-state index in [0.29, 0.717) is 18.7 Å². The smallest absolute Gasteiger partial charge is 0.350 e. The van der Waals surface area contributed by atoms with Gasteiger partial charge in [-0.1, -0.05) is 117 Å². The standard InChI is InChI=1S/C36H44ClN4O5P/c1-4-5-6-16-23-39(3)47(37,44)45-27-32-25-40(26-33(46-32)41-24-28(2)34(42)38-35(41)43)36(29-17-10-7-11-18-29,30-19-12-8-13-20-30)31-21-14-9-15-22-31/h7-15,17-22,24,32-33H,4-6,16,23,25-27H2,1-3H3,(H,38,42,43). The largest absolute Gasteiger partial charge is 0.362 e. The number of hydrogen-bond donors (Lipinski definition) is 1. The fraction of sp³-hybridized carbons (Fsp3) is 0.389. The van der Waals surface area contributed by atoms with Crippen molar-refractivity contribution in [2.45, 2.75) is 57.4 Å². The number of H-pyrrole nitrogens is 1. The molecule has 3 atom stereocenters. The van der Waals surface area contributed by atoms with Gasteiger partial charge in [-0.3, -0.25) is 23.8 Å². The average Bonchev–Trinajstić information content (AvgIpc) is 3.09. The molecule has 3 aromatic carbocycles. The second-order valence-corrected chi connectivity index (χ2v) is 15.2. The molecular weight excluding hydrogens is 635 g/mol. The van der Waals surface area contributed by atoms with Crippen LogP contribution in [0.3, 0.4) is 0 Å². The minimum atomic E-state index is -3.66.